The van der Waals surface area contributed by atoms with Crippen molar-refractivity contribution in [2.45, 2.75) is 25.9 Å². The lowest BCUT2D eigenvalue weighted by Crippen LogP contribution is -2.37. The first kappa shape index (κ1) is 14.8. The number of likely N-dealkylation sites (N-methyl/N-ethyl adjacent to an activating group) is 1. The number of halogens is 1. The summed E-state index contributed by atoms with van der Waals surface area (Å²) < 4.78 is 13.4. The molecule has 1 aromatic rings. The van der Waals surface area contributed by atoms with Crippen LogP contribution in [0.25, 0.3) is 0 Å². The SMILES string of the molecule is CN(CCC(=O)c1ccccc1F)CC(C)(C)O. The lowest BCUT2D eigenvalue weighted by Gasteiger charge is -2.25. The minimum Gasteiger partial charge on any atom is -0.389 e. The number of carbonyl (C=O) groups is 1. The van der Waals surface area contributed by atoms with Gasteiger partial charge in [-0.2, -0.15) is 0 Å². The van der Waals surface area contributed by atoms with Crippen LogP contribution < -0.4 is 0 Å². The maximum Gasteiger partial charge on any atom is 0.167 e. The molecule has 0 saturated carbocycles. The van der Waals surface area contributed by atoms with Gasteiger partial charge in [-0.25, -0.2) is 4.39 Å². The topological polar surface area (TPSA) is 40.5 Å². The quantitative estimate of drug-likeness (QED) is 0.789. The second kappa shape index (κ2) is 6.07. The summed E-state index contributed by atoms with van der Waals surface area (Å²) in [5.41, 5.74) is -0.662. The number of Topliss-reactive ketones (excluding diaryl/α,β-unsaturated/α-hetero) is 1. The zero-order valence-electron chi connectivity index (χ0n) is 11.1. The van der Waals surface area contributed by atoms with E-state index in [2.05, 4.69) is 0 Å². The van der Waals surface area contributed by atoms with Crippen LogP contribution in [-0.4, -0.2) is 41.5 Å². The normalized spacial score (nSPS) is 11.9. The van der Waals surface area contributed by atoms with E-state index in [0.29, 0.717) is 13.1 Å². The highest BCUT2D eigenvalue weighted by molar-refractivity contribution is 5.96. The van der Waals surface area contributed by atoms with E-state index in [4.69, 9.17) is 0 Å². The summed E-state index contributed by atoms with van der Waals surface area (Å²) in [6, 6.07) is 5.99. The van der Waals surface area contributed by atoms with Crippen molar-refractivity contribution in [3.05, 3.63) is 35.6 Å². The molecule has 0 radical (unpaired) electrons. The summed E-state index contributed by atoms with van der Waals surface area (Å²) in [7, 11) is 1.83. The van der Waals surface area contributed by atoms with Crippen molar-refractivity contribution in [3.63, 3.8) is 0 Å². The van der Waals surface area contributed by atoms with Crippen LogP contribution in [0.4, 0.5) is 4.39 Å². The van der Waals surface area contributed by atoms with Crippen molar-refractivity contribution in [1.29, 1.82) is 0 Å². The molecule has 3 nitrogen and oxygen atoms in total. The van der Waals surface area contributed by atoms with E-state index in [1.54, 1.807) is 26.0 Å². The number of ketones is 1. The first-order valence-corrected chi connectivity index (χ1v) is 5.98. The molecule has 0 spiro atoms. The van der Waals surface area contributed by atoms with Crippen molar-refractivity contribution in [2.75, 3.05) is 20.1 Å². The molecule has 0 fully saturated rings. The van der Waals surface area contributed by atoms with Crippen molar-refractivity contribution in [3.8, 4) is 0 Å². The molecule has 0 heterocycles. The Bertz CT molecular complexity index is 413. The fourth-order valence-corrected chi connectivity index (χ4v) is 1.85. The number of carbonyl (C=O) groups excluding carboxylic acids is 1. The highest BCUT2D eigenvalue weighted by Crippen LogP contribution is 2.10. The Morgan fingerprint density at radius 2 is 2.00 bits per heavy atom. The van der Waals surface area contributed by atoms with Crippen molar-refractivity contribution in [2.24, 2.45) is 0 Å². The lowest BCUT2D eigenvalue weighted by atomic mass is 10.1. The van der Waals surface area contributed by atoms with Crippen LogP contribution >= 0.6 is 0 Å². The number of rotatable bonds is 6. The van der Waals surface area contributed by atoms with E-state index in [0.717, 1.165) is 0 Å². The molecule has 100 valence electrons. The van der Waals surface area contributed by atoms with Gasteiger partial charge in [0.2, 0.25) is 0 Å². The average molecular weight is 253 g/mol. The molecule has 1 rings (SSSR count). The number of benzene rings is 1. The highest BCUT2D eigenvalue weighted by Gasteiger charge is 2.17. The summed E-state index contributed by atoms with van der Waals surface area (Å²) >= 11 is 0. The van der Waals surface area contributed by atoms with E-state index in [9.17, 15) is 14.3 Å². The van der Waals surface area contributed by atoms with E-state index in [1.807, 2.05) is 11.9 Å². The molecule has 1 aromatic carbocycles. The van der Waals surface area contributed by atoms with Gasteiger partial charge in [-0.1, -0.05) is 12.1 Å². The minimum atomic E-state index is -0.796. The van der Waals surface area contributed by atoms with E-state index in [1.165, 1.54) is 12.1 Å². The standard InChI is InChI=1S/C14H20FNO2/c1-14(2,18)10-16(3)9-8-13(17)11-6-4-5-7-12(11)15/h4-7,18H,8-10H2,1-3H3. The smallest absolute Gasteiger partial charge is 0.167 e. The molecule has 0 amide bonds. The van der Waals surface area contributed by atoms with Crippen LogP contribution in [0.2, 0.25) is 0 Å². The molecule has 1 N–H and O–H groups in total. The Balaban J connectivity index is 2.50. The molecule has 0 bridgehead atoms. The van der Waals surface area contributed by atoms with E-state index < -0.39 is 11.4 Å². The fourth-order valence-electron chi connectivity index (χ4n) is 1.85. The molecular formula is C14H20FNO2. The van der Waals surface area contributed by atoms with Crippen molar-refractivity contribution < 1.29 is 14.3 Å². The predicted molar refractivity (Wildman–Crippen MR) is 69.1 cm³/mol. The lowest BCUT2D eigenvalue weighted by molar-refractivity contribution is 0.0437. The van der Waals surface area contributed by atoms with Gasteiger partial charge in [-0.05, 0) is 33.0 Å². The van der Waals surface area contributed by atoms with Crippen molar-refractivity contribution in [1.82, 2.24) is 4.90 Å². The van der Waals surface area contributed by atoms with Crippen LogP contribution in [-0.2, 0) is 0 Å². The van der Waals surface area contributed by atoms with Gasteiger partial charge in [0.15, 0.2) is 5.78 Å². The summed E-state index contributed by atoms with van der Waals surface area (Å²) in [5.74, 6) is -0.691. The Hall–Kier alpha value is -1.26. The monoisotopic (exact) mass is 253 g/mol. The molecule has 0 aliphatic heterocycles. The summed E-state index contributed by atoms with van der Waals surface area (Å²) in [4.78, 5) is 13.7. The minimum absolute atomic E-state index is 0.133. The summed E-state index contributed by atoms with van der Waals surface area (Å²) in [5, 5.41) is 9.63. The number of hydrogen-bond donors (Lipinski definition) is 1. The summed E-state index contributed by atoms with van der Waals surface area (Å²) in [6.45, 7) is 4.39. The molecule has 0 aliphatic rings. The molecule has 0 atom stereocenters. The molecule has 4 heteroatoms. The van der Waals surface area contributed by atoms with Gasteiger partial charge in [0.25, 0.3) is 0 Å². The average Bonchev–Trinajstić information content (AvgIpc) is 2.24. The van der Waals surface area contributed by atoms with Crippen LogP contribution in [0.1, 0.15) is 30.6 Å². The van der Waals surface area contributed by atoms with E-state index >= 15 is 0 Å². The fraction of sp³-hybridized carbons (Fsp3) is 0.500. The number of hydrogen-bond acceptors (Lipinski definition) is 3. The third kappa shape index (κ3) is 4.94. The van der Waals surface area contributed by atoms with E-state index in [-0.39, 0.29) is 17.8 Å². The van der Waals surface area contributed by atoms with Gasteiger partial charge in [-0.15, -0.1) is 0 Å². The highest BCUT2D eigenvalue weighted by atomic mass is 19.1. The van der Waals surface area contributed by atoms with Gasteiger partial charge >= 0.3 is 0 Å². The predicted octanol–water partition coefficient (Wildman–Crippen LogP) is 2.10. The molecule has 0 unspecified atom stereocenters. The number of aliphatic hydroxyl groups is 1. The van der Waals surface area contributed by atoms with Gasteiger partial charge in [0.05, 0.1) is 11.2 Å². The first-order chi connectivity index (χ1) is 8.29. The van der Waals surface area contributed by atoms with Crippen LogP contribution in [0.15, 0.2) is 24.3 Å². The van der Waals surface area contributed by atoms with Crippen molar-refractivity contribution >= 4 is 5.78 Å². The molecule has 0 aliphatic carbocycles. The van der Waals surface area contributed by atoms with Crippen LogP contribution in [0, 0.1) is 5.82 Å². The Kier molecular flexibility index (Phi) is 4.99. The largest absolute Gasteiger partial charge is 0.389 e. The second-order valence-corrected chi connectivity index (χ2v) is 5.20. The molecular weight excluding hydrogens is 233 g/mol. The maximum absolute atomic E-state index is 13.4. The number of nitrogens with zero attached hydrogens (tertiary/aromatic N) is 1. The summed E-state index contributed by atoms with van der Waals surface area (Å²) in [6.07, 6.45) is 0.244. The zero-order valence-corrected chi connectivity index (χ0v) is 11.1. The molecule has 0 saturated heterocycles. The second-order valence-electron chi connectivity index (χ2n) is 5.20. The Morgan fingerprint density at radius 3 is 2.56 bits per heavy atom. The first-order valence-electron chi connectivity index (χ1n) is 5.98. The zero-order chi connectivity index (χ0) is 13.8. The molecule has 0 aromatic heterocycles. The van der Waals surface area contributed by atoms with Crippen LogP contribution in [0.5, 0.6) is 0 Å². The van der Waals surface area contributed by atoms with Gasteiger partial charge in [-0.3, -0.25) is 4.79 Å². The third-order valence-corrected chi connectivity index (χ3v) is 2.55. The van der Waals surface area contributed by atoms with Crippen LogP contribution in [0.3, 0.4) is 0 Å². The van der Waals surface area contributed by atoms with Gasteiger partial charge in [0.1, 0.15) is 5.82 Å². The maximum atomic E-state index is 13.4. The Labute approximate surface area is 107 Å². The van der Waals surface area contributed by atoms with Gasteiger partial charge < -0.3 is 10.0 Å². The van der Waals surface area contributed by atoms with Gasteiger partial charge in [0, 0.05) is 19.5 Å². The Morgan fingerprint density at radius 1 is 1.39 bits per heavy atom. The molecule has 18 heavy (non-hydrogen) atoms. The third-order valence-electron chi connectivity index (χ3n) is 2.55.